The van der Waals surface area contributed by atoms with Crippen LogP contribution >= 0.6 is 0 Å². The smallest absolute Gasteiger partial charge is 0.135 e. The van der Waals surface area contributed by atoms with Crippen LogP contribution in [0.1, 0.15) is 0 Å². The molecule has 10 rings (SSSR count). The SMILES string of the molecule is c1ccc(-c2ccccc2-c2ccccc2-c2ccc(N(c3ccc(-c4ccc5ccccc5c4)cc3)c3cccc(-c4cc5ccccc5o4)c3)cc2)cc1. The highest BCUT2D eigenvalue weighted by Gasteiger charge is 2.17. The van der Waals surface area contributed by atoms with Crippen molar-refractivity contribution in [1.29, 1.82) is 0 Å². The van der Waals surface area contributed by atoms with Gasteiger partial charge in [0.1, 0.15) is 11.3 Å². The first-order chi connectivity index (χ1) is 27.7. The lowest BCUT2D eigenvalue weighted by Gasteiger charge is -2.26. The summed E-state index contributed by atoms with van der Waals surface area (Å²) in [7, 11) is 0. The standard InChI is InChI=1S/C54H37NO/c1-2-14-40(15-3-1)49-20-7-9-22-51(49)52-23-10-8-21-50(52)41-29-33-47(34-30-41)55(48-19-12-18-44(36-48)54-37-45-17-6-11-24-53(45)56-54)46-31-27-39(28-32-46)43-26-25-38-13-4-5-16-42(38)35-43/h1-37H. The quantitative estimate of drug-likeness (QED) is 0.156. The van der Waals surface area contributed by atoms with Crippen molar-refractivity contribution < 1.29 is 4.42 Å². The number of hydrogen-bond donors (Lipinski definition) is 0. The molecule has 0 amide bonds. The highest BCUT2D eigenvalue weighted by Crippen LogP contribution is 2.42. The summed E-state index contributed by atoms with van der Waals surface area (Å²) >= 11 is 0. The second kappa shape index (κ2) is 14.4. The zero-order valence-electron chi connectivity index (χ0n) is 30.7. The molecule has 0 aliphatic carbocycles. The number of hydrogen-bond acceptors (Lipinski definition) is 2. The van der Waals surface area contributed by atoms with Crippen molar-refractivity contribution in [2.24, 2.45) is 0 Å². The van der Waals surface area contributed by atoms with E-state index in [-0.39, 0.29) is 0 Å². The van der Waals surface area contributed by atoms with Gasteiger partial charge in [-0.1, -0.05) is 170 Å². The molecule has 1 aromatic heterocycles. The number of benzene rings is 9. The fourth-order valence-electron chi connectivity index (χ4n) is 7.89. The third kappa shape index (κ3) is 6.34. The van der Waals surface area contributed by atoms with Crippen LogP contribution in [-0.2, 0) is 0 Å². The number of para-hydroxylation sites is 1. The first-order valence-corrected chi connectivity index (χ1v) is 19.1. The van der Waals surface area contributed by atoms with Crippen molar-refractivity contribution >= 4 is 38.8 Å². The van der Waals surface area contributed by atoms with Gasteiger partial charge < -0.3 is 9.32 Å². The second-order valence-corrected chi connectivity index (χ2v) is 14.1. The van der Waals surface area contributed by atoms with E-state index in [9.17, 15) is 0 Å². The van der Waals surface area contributed by atoms with E-state index >= 15 is 0 Å². The number of fused-ring (bicyclic) bond motifs is 2. The Morgan fingerprint density at radius 3 is 1.46 bits per heavy atom. The van der Waals surface area contributed by atoms with Gasteiger partial charge in [0.25, 0.3) is 0 Å². The normalized spacial score (nSPS) is 11.2. The Kier molecular flexibility index (Phi) is 8.55. The number of rotatable bonds is 8. The van der Waals surface area contributed by atoms with Crippen LogP contribution in [0.4, 0.5) is 17.1 Å². The maximum absolute atomic E-state index is 6.33. The monoisotopic (exact) mass is 715 g/mol. The predicted octanol–water partition coefficient (Wildman–Crippen LogP) is 15.4. The minimum Gasteiger partial charge on any atom is -0.456 e. The van der Waals surface area contributed by atoms with E-state index in [0.29, 0.717) is 0 Å². The van der Waals surface area contributed by atoms with Crippen molar-refractivity contribution in [3.05, 3.63) is 224 Å². The largest absolute Gasteiger partial charge is 0.456 e. The number of nitrogens with zero attached hydrogens (tertiary/aromatic N) is 1. The summed E-state index contributed by atoms with van der Waals surface area (Å²) in [6.07, 6.45) is 0. The first kappa shape index (κ1) is 33.2. The highest BCUT2D eigenvalue weighted by atomic mass is 16.3. The van der Waals surface area contributed by atoms with Gasteiger partial charge in [-0.05, 0) is 110 Å². The minimum absolute atomic E-state index is 0.849. The van der Waals surface area contributed by atoms with Gasteiger partial charge in [0.2, 0.25) is 0 Å². The van der Waals surface area contributed by atoms with Crippen molar-refractivity contribution in [3.8, 4) is 55.8 Å². The van der Waals surface area contributed by atoms with Crippen molar-refractivity contribution in [1.82, 2.24) is 0 Å². The molecule has 264 valence electrons. The third-order valence-corrected chi connectivity index (χ3v) is 10.7. The third-order valence-electron chi connectivity index (χ3n) is 10.7. The van der Waals surface area contributed by atoms with Gasteiger partial charge in [-0.3, -0.25) is 0 Å². The molecule has 0 fully saturated rings. The summed E-state index contributed by atoms with van der Waals surface area (Å²) in [5.41, 5.74) is 14.7. The molecule has 0 bridgehead atoms. The van der Waals surface area contributed by atoms with Crippen LogP contribution in [0.3, 0.4) is 0 Å². The average Bonchev–Trinajstić information content (AvgIpc) is 3.72. The number of anilines is 3. The molecular formula is C54H37NO. The lowest BCUT2D eigenvalue weighted by Crippen LogP contribution is -2.10. The molecule has 0 radical (unpaired) electrons. The van der Waals surface area contributed by atoms with Gasteiger partial charge in [-0.2, -0.15) is 0 Å². The van der Waals surface area contributed by atoms with Crippen LogP contribution in [0.5, 0.6) is 0 Å². The van der Waals surface area contributed by atoms with Gasteiger partial charge >= 0.3 is 0 Å². The summed E-state index contributed by atoms with van der Waals surface area (Å²) in [6.45, 7) is 0. The van der Waals surface area contributed by atoms with Crippen LogP contribution in [0, 0.1) is 0 Å². The highest BCUT2D eigenvalue weighted by molar-refractivity contribution is 5.93. The lowest BCUT2D eigenvalue weighted by molar-refractivity contribution is 0.631. The molecule has 0 N–H and O–H groups in total. The Morgan fingerprint density at radius 1 is 0.268 bits per heavy atom. The van der Waals surface area contributed by atoms with E-state index in [2.05, 4.69) is 211 Å². The molecule has 0 aliphatic rings. The van der Waals surface area contributed by atoms with Gasteiger partial charge in [0.05, 0.1) is 0 Å². The molecule has 0 aliphatic heterocycles. The molecule has 2 heteroatoms. The number of furan rings is 1. The van der Waals surface area contributed by atoms with Gasteiger partial charge in [-0.15, -0.1) is 0 Å². The molecule has 10 aromatic rings. The fourth-order valence-corrected chi connectivity index (χ4v) is 7.89. The van der Waals surface area contributed by atoms with Gasteiger partial charge in [0.15, 0.2) is 0 Å². The summed E-state index contributed by atoms with van der Waals surface area (Å²) in [5.74, 6) is 0.849. The van der Waals surface area contributed by atoms with E-state index in [1.54, 1.807) is 0 Å². The van der Waals surface area contributed by atoms with Crippen LogP contribution < -0.4 is 4.90 Å². The zero-order chi connectivity index (χ0) is 37.3. The molecular weight excluding hydrogens is 679 g/mol. The average molecular weight is 716 g/mol. The van der Waals surface area contributed by atoms with Crippen LogP contribution in [-0.4, -0.2) is 0 Å². The summed E-state index contributed by atoms with van der Waals surface area (Å²) in [6, 6.07) is 80.1. The molecule has 0 saturated heterocycles. The summed E-state index contributed by atoms with van der Waals surface area (Å²) in [4.78, 5) is 2.33. The fraction of sp³-hybridized carbons (Fsp3) is 0. The maximum atomic E-state index is 6.33. The summed E-state index contributed by atoms with van der Waals surface area (Å²) in [5, 5.41) is 3.58. The topological polar surface area (TPSA) is 16.4 Å². The molecule has 2 nitrogen and oxygen atoms in total. The van der Waals surface area contributed by atoms with Crippen LogP contribution in [0.15, 0.2) is 229 Å². The van der Waals surface area contributed by atoms with Crippen molar-refractivity contribution in [3.63, 3.8) is 0 Å². The lowest BCUT2D eigenvalue weighted by atomic mass is 9.89. The second-order valence-electron chi connectivity index (χ2n) is 14.1. The van der Waals surface area contributed by atoms with Crippen LogP contribution in [0.2, 0.25) is 0 Å². The van der Waals surface area contributed by atoms with E-state index in [1.807, 2.05) is 18.2 Å². The molecule has 56 heavy (non-hydrogen) atoms. The molecule has 0 unspecified atom stereocenters. The van der Waals surface area contributed by atoms with Crippen molar-refractivity contribution in [2.45, 2.75) is 0 Å². The van der Waals surface area contributed by atoms with Gasteiger partial charge in [-0.25, -0.2) is 0 Å². The van der Waals surface area contributed by atoms with Crippen molar-refractivity contribution in [2.75, 3.05) is 4.90 Å². The van der Waals surface area contributed by atoms with E-state index in [1.165, 1.54) is 49.7 Å². The Balaban J connectivity index is 1.05. The Hall–Kier alpha value is -7.42. The Labute approximate surface area is 327 Å². The first-order valence-electron chi connectivity index (χ1n) is 19.1. The molecule has 9 aromatic carbocycles. The van der Waals surface area contributed by atoms with Crippen LogP contribution in [0.25, 0.3) is 77.6 Å². The minimum atomic E-state index is 0.849. The predicted molar refractivity (Wildman–Crippen MR) is 236 cm³/mol. The molecule has 0 spiro atoms. The Morgan fingerprint density at radius 2 is 0.786 bits per heavy atom. The van der Waals surface area contributed by atoms with E-state index in [4.69, 9.17) is 4.42 Å². The zero-order valence-corrected chi connectivity index (χ0v) is 30.7. The summed E-state index contributed by atoms with van der Waals surface area (Å²) < 4.78 is 6.33. The maximum Gasteiger partial charge on any atom is 0.135 e. The van der Waals surface area contributed by atoms with E-state index in [0.717, 1.165) is 44.9 Å². The van der Waals surface area contributed by atoms with E-state index < -0.39 is 0 Å². The van der Waals surface area contributed by atoms with Gasteiger partial charge in [0, 0.05) is 28.0 Å². The Bertz CT molecular complexity index is 2930. The molecule has 0 saturated carbocycles. The molecule has 0 atom stereocenters. The molecule has 1 heterocycles.